The summed E-state index contributed by atoms with van der Waals surface area (Å²) in [5.41, 5.74) is 2.18. The fraction of sp³-hybridized carbons (Fsp3) is 0.333. The number of hydrogen-bond acceptors (Lipinski definition) is 3. The van der Waals surface area contributed by atoms with Crippen LogP contribution in [0, 0.1) is 18.3 Å². The van der Waals surface area contributed by atoms with E-state index in [1.54, 1.807) is 13.0 Å². The minimum Gasteiger partial charge on any atom is -0.466 e. The van der Waals surface area contributed by atoms with Crippen LogP contribution in [0.15, 0.2) is 16.6 Å². The zero-order valence-electron chi connectivity index (χ0n) is 9.21. The number of benzene rings is 1. The molecule has 0 spiro atoms. The SMILES string of the molecule is CCOC(=O)Cc1ccc(C)c(Br)c1C#N. The van der Waals surface area contributed by atoms with Crippen LogP contribution < -0.4 is 0 Å². The highest BCUT2D eigenvalue weighted by atomic mass is 79.9. The number of carbonyl (C=O) groups is 1. The van der Waals surface area contributed by atoms with Gasteiger partial charge in [0.25, 0.3) is 0 Å². The Labute approximate surface area is 103 Å². The highest BCUT2D eigenvalue weighted by Gasteiger charge is 2.12. The van der Waals surface area contributed by atoms with Gasteiger partial charge in [-0.05, 0) is 40.9 Å². The molecule has 0 bridgehead atoms. The number of aryl methyl sites for hydroxylation is 1. The second-order valence-corrected chi connectivity index (χ2v) is 4.12. The van der Waals surface area contributed by atoms with Crippen molar-refractivity contribution in [3.05, 3.63) is 33.3 Å². The predicted octanol–water partition coefficient (Wildman–Crippen LogP) is 2.73. The quantitative estimate of drug-likeness (QED) is 0.801. The maximum atomic E-state index is 11.3. The van der Waals surface area contributed by atoms with Crippen LogP contribution in [0.2, 0.25) is 0 Å². The van der Waals surface area contributed by atoms with E-state index < -0.39 is 0 Å². The highest BCUT2D eigenvalue weighted by Crippen LogP contribution is 2.24. The molecule has 84 valence electrons. The first-order chi connectivity index (χ1) is 7.60. The molecular weight excluding hydrogens is 270 g/mol. The molecule has 0 atom stereocenters. The smallest absolute Gasteiger partial charge is 0.310 e. The van der Waals surface area contributed by atoms with E-state index in [0.29, 0.717) is 17.7 Å². The van der Waals surface area contributed by atoms with Gasteiger partial charge < -0.3 is 4.74 Å². The predicted molar refractivity (Wildman–Crippen MR) is 63.9 cm³/mol. The van der Waals surface area contributed by atoms with E-state index in [-0.39, 0.29) is 12.4 Å². The first kappa shape index (κ1) is 12.7. The van der Waals surface area contributed by atoms with Crippen molar-refractivity contribution in [1.29, 1.82) is 5.26 Å². The molecule has 1 aromatic rings. The minimum atomic E-state index is -0.310. The summed E-state index contributed by atoms with van der Waals surface area (Å²) >= 11 is 3.35. The molecule has 0 radical (unpaired) electrons. The van der Waals surface area contributed by atoms with Crippen molar-refractivity contribution in [2.75, 3.05) is 6.61 Å². The summed E-state index contributed by atoms with van der Waals surface area (Å²) in [4.78, 5) is 11.3. The van der Waals surface area contributed by atoms with Crippen LogP contribution in [0.3, 0.4) is 0 Å². The molecule has 1 aromatic carbocycles. The first-order valence-corrected chi connectivity index (χ1v) is 5.73. The van der Waals surface area contributed by atoms with Gasteiger partial charge in [0.1, 0.15) is 6.07 Å². The highest BCUT2D eigenvalue weighted by molar-refractivity contribution is 9.10. The van der Waals surface area contributed by atoms with Crippen LogP contribution in [-0.4, -0.2) is 12.6 Å². The second kappa shape index (κ2) is 5.66. The van der Waals surface area contributed by atoms with Gasteiger partial charge in [0.2, 0.25) is 0 Å². The minimum absolute atomic E-state index is 0.135. The lowest BCUT2D eigenvalue weighted by Crippen LogP contribution is -2.09. The van der Waals surface area contributed by atoms with Crippen molar-refractivity contribution in [3.8, 4) is 6.07 Å². The van der Waals surface area contributed by atoms with Gasteiger partial charge in [-0.2, -0.15) is 5.26 Å². The molecule has 0 saturated carbocycles. The fourth-order valence-electron chi connectivity index (χ4n) is 1.36. The Morgan fingerprint density at radius 1 is 1.56 bits per heavy atom. The van der Waals surface area contributed by atoms with Crippen molar-refractivity contribution in [2.45, 2.75) is 20.3 Å². The number of nitrogens with zero attached hydrogens (tertiary/aromatic N) is 1. The molecule has 0 fully saturated rings. The van der Waals surface area contributed by atoms with E-state index in [1.807, 2.05) is 13.0 Å². The van der Waals surface area contributed by atoms with Crippen LogP contribution in [-0.2, 0) is 16.0 Å². The monoisotopic (exact) mass is 281 g/mol. The zero-order chi connectivity index (χ0) is 12.1. The third-order valence-corrected chi connectivity index (χ3v) is 3.20. The van der Waals surface area contributed by atoms with Gasteiger partial charge in [-0.3, -0.25) is 4.79 Å². The molecule has 0 amide bonds. The van der Waals surface area contributed by atoms with Gasteiger partial charge in [0.05, 0.1) is 18.6 Å². The van der Waals surface area contributed by atoms with Gasteiger partial charge in [-0.15, -0.1) is 0 Å². The summed E-state index contributed by atoms with van der Waals surface area (Å²) in [6, 6.07) is 5.76. The standard InChI is InChI=1S/C12H12BrNO2/c1-3-16-11(15)6-9-5-4-8(2)12(13)10(9)7-14/h4-5H,3,6H2,1-2H3. The van der Waals surface area contributed by atoms with Crippen molar-refractivity contribution >= 4 is 21.9 Å². The fourth-order valence-corrected chi connectivity index (χ4v) is 1.83. The average molecular weight is 282 g/mol. The van der Waals surface area contributed by atoms with Crippen LogP contribution in [0.5, 0.6) is 0 Å². The van der Waals surface area contributed by atoms with Gasteiger partial charge in [-0.25, -0.2) is 0 Å². The number of rotatable bonds is 3. The zero-order valence-corrected chi connectivity index (χ0v) is 10.8. The van der Waals surface area contributed by atoms with E-state index >= 15 is 0 Å². The molecule has 16 heavy (non-hydrogen) atoms. The Hall–Kier alpha value is -1.34. The molecular formula is C12H12BrNO2. The van der Waals surface area contributed by atoms with E-state index in [2.05, 4.69) is 22.0 Å². The Kier molecular flexibility index (Phi) is 4.51. The Balaban J connectivity index is 3.02. The number of ether oxygens (including phenoxy) is 1. The van der Waals surface area contributed by atoms with Gasteiger partial charge in [0, 0.05) is 4.47 Å². The van der Waals surface area contributed by atoms with E-state index in [9.17, 15) is 4.79 Å². The maximum Gasteiger partial charge on any atom is 0.310 e. The van der Waals surface area contributed by atoms with Crippen molar-refractivity contribution in [1.82, 2.24) is 0 Å². The van der Waals surface area contributed by atoms with E-state index in [4.69, 9.17) is 10.00 Å². The molecule has 0 aromatic heterocycles. The lowest BCUT2D eigenvalue weighted by molar-refractivity contribution is -0.142. The molecule has 0 aliphatic rings. The number of nitriles is 1. The van der Waals surface area contributed by atoms with Crippen molar-refractivity contribution in [3.63, 3.8) is 0 Å². The summed E-state index contributed by atoms with van der Waals surface area (Å²) in [7, 11) is 0. The molecule has 0 unspecified atom stereocenters. The van der Waals surface area contributed by atoms with Crippen LogP contribution in [0.4, 0.5) is 0 Å². The Bertz CT molecular complexity index is 449. The second-order valence-electron chi connectivity index (χ2n) is 3.32. The summed E-state index contributed by atoms with van der Waals surface area (Å²) in [6.45, 7) is 4.01. The normalized spacial score (nSPS) is 9.62. The van der Waals surface area contributed by atoms with E-state index in [0.717, 1.165) is 10.0 Å². The molecule has 0 aliphatic carbocycles. The van der Waals surface area contributed by atoms with Crippen molar-refractivity contribution < 1.29 is 9.53 Å². The van der Waals surface area contributed by atoms with Crippen LogP contribution >= 0.6 is 15.9 Å². The topological polar surface area (TPSA) is 50.1 Å². The summed E-state index contributed by atoms with van der Waals surface area (Å²) in [6.07, 6.45) is 0.135. The largest absolute Gasteiger partial charge is 0.466 e. The van der Waals surface area contributed by atoms with Gasteiger partial charge >= 0.3 is 5.97 Å². The lowest BCUT2D eigenvalue weighted by Gasteiger charge is -2.07. The maximum absolute atomic E-state index is 11.3. The molecule has 1 rings (SSSR count). The number of esters is 1. The molecule has 3 nitrogen and oxygen atoms in total. The molecule has 0 saturated heterocycles. The average Bonchev–Trinajstić information content (AvgIpc) is 2.24. The Morgan fingerprint density at radius 3 is 2.81 bits per heavy atom. The Morgan fingerprint density at radius 2 is 2.25 bits per heavy atom. The van der Waals surface area contributed by atoms with Gasteiger partial charge in [-0.1, -0.05) is 12.1 Å². The lowest BCUT2D eigenvalue weighted by atomic mass is 10.0. The van der Waals surface area contributed by atoms with Crippen molar-refractivity contribution in [2.24, 2.45) is 0 Å². The number of carbonyl (C=O) groups excluding carboxylic acids is 1. The summed E-state index contributed by atoms with van der Waals surface area (Å²) < 4.78 is 5.60. The van der Waals surface area contributed by atoms with Crippen LogP contribution in [0.25, 0.3) is 0 Å². The molecule has 4 heteroatoms. The van der Waals surface area contributed by atoms with Gasteiger partial charge in [0.15, 0.2) is 0 Å². The summed E-state index contributed by atoms with van der Waals surface area (Å²) in [5, 5.41) is 9.03. The third-order valence-electron chi connectivity index (χ3n) is 2.17. The summed E-state index contributed by atoms with van der Waals surface area (Å²) in [5.74, 6) is -0.310. The third kappa shape index (κ3) is 2.83. The number of halogens is 1. The first-order valence-electron chi connectivity index (χ1n) is 4.93. The van der Waals surface area contributed by atoms with Crippen LogP contribution in [0.1, 0.15) is 23.6 Å². The molecule has 0 aliphatic heterocycles. The molecule has 0 heterocycles. The number of hydrogen-bond donors (Lipinski definition) is 0. The molecule has 0 N–H and O–H groups in total. The van der Waals surface area contributed by atoms with E-state index in [1.165, 1.54) is 0 Å².